The molecular formula is C15H17N5O3. The molecule has 0 atom stereocenters. The number of fused-ring (bicyclic) bond motifs is 1. The summed E-state index contributed by atoms with van der Waals surface area (Å²) >= 11 is 0. The number of carbonyl (C=O) groups is 1. The van der Waals surface area contributed by atoms with E-state index in [1.165, 1.54) is 4.57 Å². The number of nitrogens with zero attached hydrogens (tertiary/aromatic N) is 3. The summed E-state index contributed by atoms with van der Waals surface area (Å²) in [5.74, 6) is 2.08. The van der Waals surface area contributed by atoms with Crippen LogP contribution >= 0.6 is 0 Å². The Bertz CT molecular complexity index is 821. The minimum absolute atomic E-state index is 0.0319. The van der Waals surface area contributed by atoms with Gasteiger partial charge in [-0.05, 0) is 12.8 Å². The molecule has 120 valence electrons. The molecule has 0 saturated carbocycles. The average molecular weight is 315 g/mol. The van der Waals surface area contributed by atoms with Crippen LogP contribution in [0.1, 0.15) is 41.7 Å². The highest BCUT2D eigenvalue weighted by Crippen LogP contribution is 2.36. The third-order valence-corrected chi connectivity index (χ3v) is 4.19. The smallest absolute Gasteiger partial charge is 0.328 e. The van der Waals surface area contributed by atoms with Crippen LogP contribution in [0, 0.1) is 12.3 Å². The monoisotopic (exact) mass is 315 g/mol. The Morgan fingerprint density at radius 2 is 2.17 bits per heavy atom. The number of hydrogen-bond donors (Lipinski definition) is 2. The fourth-order valence-corrected chi connectivity index (χ4v) is 2.88. The Kier molecular flexibility index (Phi) is 3.86. The van der Waals surface area contributed by atoms with Crippen molar-refractivity contribution in [2.45, 2.75) is 44.3 Å². The molecule has 0 fully saturated rings. The maximum atomic E-state index is 12.3. The summed E-state index contributed by atoms with van der Waals surface area (Å²) < 4.78 is 1.45. The van der Waals surface area contributed by atoms with E-state index in [-0.39, 0.29) is 5.56 Å². The first kappa shape index (κ1) is 15.2. The predicted octanol–water partition coefficient (Wildman–Crippen LogP) is 0.178. The first-order valence-electron chi connectivity index (χ1n) is 7.58. The molecule has 0 spiro atoms. The molecule has 3 rings (SSSR count). The minimum atomic E-state index is -0.636. The lowest BCUT2D eigenvalue weighted by Crippen LogP contribution is -2.39. The van der Waals surface area contributed by atoms with E-state index in [0.717, 1.165) is 6.42 Å². The number of nitrogens with one attached hydrogen (secondary N) is 2. The van der Waals surface area contributed by atoms with Crippen LogP contribution in [0.2, 0.25) is 0 Å². The fraction of sp³-hybridized carbons (Fsp3) is 0.533. The maximum absolute atomic E-state index is 12.3. The molecule has 0 bridgehead atoms. The number of aromatic nitrogens is 2. The Morgan fingerprint density at radius 1 is 1.39 bits per heavy atom. The molecule has 8 heteroatoms. The molecule has 1 amide bonds. The van der Waals surface area contributed by atoms with Crippen molar-refractivity contribution in [3.63, 3.8) is 0 Å². The van der Waals surface area contributed by atoms with Gasteiger partial charge in [0.2, 0.25) is 0 Å². The molecule has 0 aromatic carbocycles. The van der Waals surface area contributed by atoms with Gasteiger partial charge in [-0.1, -0.05) is 0 Å². The molecule has 1 aromatic heterocycles. The largest absolute Gasteiger partial charge is 0.352 e. The van der Waals surface area contributed by atoms with E-state index in [1.54, 1.807) is 0 Å². The van der Waals surface area contributed by atoms with Gasteiger partial charge in [0.05, 0.1) is 0 Å². The average Bonchev–Trinajstić information content (AvgIpc) is 3.10. The molecule has 0 radical (unpaired) electrons. The topological polar surface area (TPSA) is 109 Å². The molecule has 3 heterocycles. The highest BCUT2D eigenvalue weighted by Gasteiger charge is 2.38. The molecule has 0 aliphatic carbocycles. The van der Waals surface area contributed by atoms with Crippen LogP contribution in [0.15, 0.2) is 19.8 Å². The Balaban J connectivity index is 1.66. The fourth-order valence-electron chi connectivity index (χ4n) is 2.88. The van der Waals surface area contributed by atoms with Gasteiger partial charge in [0, 0.05) is 38.0 Å². The zero-order chi connectivity index (χ0) is 16.4. The number of rotatable bonds is 6. The van der Waals surface area contributed by atoms with Gasteiger partial charge in [0.15, 0.2) is 5.66 Å². The number of carbonyl (C=O) groups excluding carboxylic acids is 1. The quantitative estimate of drug-likeness (QED) is 0.731. The van der Waals surface area contributed by atoms with E-state index < -0.39 is 22.8 Å². The van der Waals surface area contributed by atoms with Gasteiger partial charge in [-0.3, -0.25) is 19.1 Å². The molecule has 23 heavy (non-hydrogen) atoms. The summed E-state index contributed by atoms with van der Waals surface area (Å²) in [6, 6.07) is 0. The highest BCUT2D eigenvalue weighted by molar-refractivity contribution is 5.94. The van der Waals surface area contributed by atoms with E-state index in [4.69, 9.17) is 6.42 Å². The van der Waals surface area contributed by atoms with Gasteiger partial charge in [-0.2, -0.15) is 10.2 Å². The van der Waals surface area contributed by atoms with Crippen molar-refractivity contribution >= 4 is 5.91 Å². The van der Waals surface area contributed by atoms with Gasteiger partial charge in [-0.25, -0.2) is 4.79 Å². The van der Waals surface area contributed by atoms with E-state index in [2.05, 4.69) is 26.4 Å². The van der Waals surface area contributed by atoms with Crippen LogP contribution in [-0.2, 0) is 13.0 Å². The number of terminal acetylenes is 1. The molecule has 2 N–H and O–H groups in total. The van der Waals surface area contributed by atoms with Crippen molar-refractivity contribution in [3.8, 4) is 12.3 Å². The second-order valence-corrected chi connectivity index (χ2v) is 5.73. The van der Waals surface area contributed by atoms with Crippen molar-refractivity contribution in [2.24, 2.45) is 10.2 Å². The third-order valence-electron chi connectivity index (χ3n) is 4.19. The first-order chi connectivity index (χ1) is 11.1. The second-order valence-electron chi connectivity index (χ2n) is 5.73. The standard InChI is InChI=1S/C15H17N5O3/c1-2-3-6-15(18-19-15)7-8-16-12(21)11-10-5-4-9-20(10)14(23)17-13(11)22/h1H,3-9H2,(H,16,21)(H,17,22,23). The number of hydrogen-bond acceptors (Lipinski definition) is 5. The van der Waals surface area contributed by atoms with Crippen molar-refractivity contribution in [1.82, 2.24) is 14.9 Å². The van der Waals surface area contributed by atoms with Crippen molar-refractivity contribution < 1.29 is 4.79 Å². The van der Waals surface area contributed by atoms with E-state index >= 15 is 0 Å². The summed E-state index contributed by atoms with van der Waals surface area (Å²) in [5, 5.41) is 10.7. The van der Waals surface area contributed by atoms with Gasteiger partial charge >= 0.3 is 5.69 Å². The number of amides is 1. The van der Waals surface area contributed by atoms with Crippen molar-refractivity contribution in [2.75, 3.05) is 6.54 Å². The number of aromatic amines is 1. The van der Waals surface area contributed by atoms with Crippen molar-refractivity contribution in [1.29, 1.82) is 0 Å². The highest BCUT2D eigenvalue weighted by atomic mass is 16.2. The number of H-pyrrole nitrogens is 1. The Labute approximate surface area is 132 Å². The normalized spacial score (nSPS) is 16.7. The van der Waals surface area contributed by atoms with Crippen LogP contribution in [0.3, 0.4) is 0 Å². The lowest BCUT2D eigenvalue weighted by atomic mass is 10.0. The van der Waals surface area contributed by atoms with Crippen LogP contribution in [0.25, 0.3) is 0 Å². The summed E-state index contributed by atoms with van der Waals surface area (Å²) in [6.07, 6.45) is 8.32. The molecule has 2 aliphatic heterocycles. The lowest BCUT2D eigenvalue weighted by molar-refractivity contribution is 0.0948. The Morgan fingerprint density at radius 3 is 2.87 bits per heavy atom. The van der Waals surface area contributed by atoms with Gasteiger partial charge in [0.25, 0.3) is 11.5 Å². The van der Waals surface area contributed by atoms with Crippen LogP contribution in [0.5, 0.6) is 0 Å². The SMILES string of the molecule is C#CCCC1(CCNC(=O)c2c3n(c(=O)[nH]c2=O)CCC3)N=N1. The summed E-state index contributed by atoms with van der Waals surface area (Å²) in [6.45, 7) is 0.868. The van der Waals surface area contributed by atoms with Gasteiger partial charge < -0.3 is 5.32 Å². The molecule has 2 aliphatic rings. The minimum Gasteiger partial charge on any atom is -0.352 e. The second kappa shape index (κ2) is 5.83. The van der Waals surface area contributed by atoms with Gasteiger partial charge in [-0.15, -0.1) is 12.3 Å². The molecule has 0 unspecified atom stereocenters. The molecular weight excluding hydrogens is 298 g/mol. The van der Waals surface area contributed by atoms with Crippen LogP contribution in [-0.4, -0.2) is 27.7 Å². The van der Waals surface area contributed by atoms with Crippen LogP contribution in [0.4, 0.5) is 0 Å². The zero-order valence-corrected chi connectivity index (χ0v) is 12.6. The van der Waals surface area contributed by atoms with E-state index in [1.807, 2.05) is 0 Å². The van der Waals surface area contributed by atoms with Crippen LogP contribution < -0.4 is 16.6 Å². The van der Waals surface area contributed by atoms with E-state index in [0.29, 0.717) is 44.5 Å². The first-order valence-corrected chi connectivity index (χ1v) is 7.58. The third kappa shape index (κ3) is 2.95. The summed E-state index contributed by atoms with van der Waals surface area (Å²) in [7, 11) is 0. The van der Waals surface area contributed by atoms with E-state index in [9.17, 15) is 14.4 Å². The van der Waals surface area contributed by atoms with Crippen molar-refractivity contribution in [3.05, 3.63) is 32.1 Å². The lowest BCUT2D eigenvalue weighted by Gasteiger charge is -2.11. The maximum Gasteiger partial charge on any atom is 0.328 e. The molecule has 0 saturated heterocycles. The molecule has 1 aromatic rings. The van der Waals surface area contributed by atoms with Gasteiger partial charge in [0.1, 0.15) is 5.56 Å². The Hall–Kier alpha value is -2.69. The predicted molar refractivity (Wildman–Crippen MR) is 82.2 cm³/mol. The summed E-state index contributed by atoms with van der Waals surface area (Å²) in [5.41, 5.74) is -1.02. The zero-order valence-electron chi connectivity index (χ0n) is 12.6. The molecule has 8 nitrogen and oxygen atoms in total. The summed E-state index contributed by atoms with van der Waals surface area (Å²) in [4.78, 5) is 38.2.